The lowest BCUT2D eigenvalue weighted by Gasteiger charge is -2.06. The average molecular weight is 287 g/mol. The first kappa shape index (κ1) is 14.9. The second kappa shape index (κ2) is 6.81. The smallest absolute Gasteiger partial charge is 0.266 e. The molecule has 0 atom stereocenters. The van der Waals surface area contributed by atoms with Crippen molar-refractivity contribution in [3.8, 4) is 11.3 Å². The van der Waals surface area contributed by atoms with Crippen molar-refractivity contribution in [2.24, 2.45) is 7.05 Å². The Morgan fingerprint density at radius 2 is 1.95 bits per heavy atom. The molecule has 0 aliphatic heterocycles. The molecule has 0 spiro atoms. The van der Waals surface area contributed by atoms with Crippen LogP contribution in [0.1, 0.15) is 10.4 Å². The molecule has 0 radical (unpaired) electrons. The highest BCUT2D eigenvalue weighted by atomic mass is 16.5. The molecule has 0 unspecified atom stereocenters. The van der Waals surface area contributed by atoms with Gasteiger partial charge in [-0.2, -0.15) is 5.10 Å². The first-order chi connectivity index (χ1) is 10.1. The second-order valence-electron chi connectivity index (χ2n) is 4.51. The van der Waals surface area contributed by atoms with Crippen molar-refractivity contribution in [3.63, 3.8) is 0 Å². The molecule has 0 saturated carbocycles. The molecule has 0 aliphatic carbocycles. The van der Waals surface area contributed by atoms with Crippen LogP contribution in [0.4, 0.5) is 0 Å². The van der Waals surface area contributed by atoms with E-state index in [2.05, 4.69) is 10.4 Å². The summed E-state index contributed by atoms with van der Waals surface area (Å²) >= 11 is 0. The maximum Gasteiger partial charge on any atom is 0.266 e. The van der Waals surface area contributed by atoms with E-state index < -0.39 is 0 Å². The number of hydrogen-bond donors (Lipinski definition) is 1. The minimum absolute atomic E-state index is 0.146. The number of aromatic nitrogens is 2. The van der Waals surface area contributed by atoms with Gasteiger partial charge >= 0.3 is 0 Å². The van der Waals surface area contributed by atoms with Crippen molar-refractivity contribution >= 4 is 5.91 Å². The Balaban J connectivity index is 2.13. The first-order valence-electron chi connectivity index (χ1n) is 6.54. The SMILES string of the molecule is COCCNC(=O)c1ccc(-c2ccc(=O)n(C)n2)cc1. The van der Waals surface area contributed by atoms with Crippen LogP contribution in [0, 0.1) is 0 Å². The van der Waals surface area contributed by atoms with E-state index in [0.29, 0.717) is 24.4 Å². The van der Waals surface area contributed by atoms with Gasteiger partial charge in [-0.3, -0.25) is 9.59 Å². The fraction of sp³-hybridized carbons (Fsp3) is 0.267. The number of methoxy groups -OCH3 is 1. The molecular formula is C15H17N3O3. The number of carbonyl (C=O) groups is 1. The van der Waals surface area contributed by atoms with Gasteiger partial charge in [-0.1, -0.05) is 12.1 Å². The van der Waals surface area contributed by atoms with E-state index in [0.717, 1.165) is 5.56 Å². The van der Waals surface area contributed by atoms with Gasteiger partial charge in [0, 0.05) is 37.9 Å². The fourth-order valence-corrected chi connectivity index (χ4v) is 1.82. The summed E-state index contributed by atoms with van der Waals surface area (Å²) in [5, 5.41) is 6.92. The predicted octanol–water partition coefficient (Wildman–Crippen LogP) is 0.823. The Morgan fingerprint density at radius 1 is 1.24 bits per heavy atom. The Bertz CT molecular complexity index is 677. The van der Waals surface area contributed by atoms with E-state index in [1.807, 2.05) is 0 Å². The van der Waals surface area contributed by atoms with Crippen LogP contribution in [0.2, 0.25) is 0 Å². The van der Waals surface area contributed by atoms with Gasteiger partial charge < -0.3 is 10.1 Å². The number of ether oxygens (including phenoxy) is 1. The molecular weight excluding hydrogens is 270 g/mol. The molecule has 0 fully saturated rings. The van der Waals surface area contributed by atoms with Crippen molar-refractivity contribution in [1.82, 2.24) is 15.1 Å². The zero-order chi connectivity index (χ0) is 15.2. The van der Waals surface area contributed by atoms with Gasteiger partial charge in [-0.05, 0) is 18.2 Å². The van der Waals surface area contributed by atoms with Gasteiger partial charge in [-0.15, -0.1) is 0 Å². The van der Waals surface area contributed by atoms with Crippen molar-refractivity contribution < 1.29 is 9.53 Å². The van der Waals surface area contributed by atoms with E-state index in [1.54, 1.807) is 44.5 Å². The monoisotopic (exact) mass is 287 g/mol. The van der Waals surface area contributed by atoms with E-state index in [1.165, 1.54) is 10.7 Å². The maximum atomic E-state index is 11.8. The summed E-state index contributed by atoms with van der Waals surface area (Å²) < 4.78 is 6.15. The molecule has 2 aromatic rings. The van der Waals surface area contributed by atoms with Gasteiger partial charge in [0.15, 0.2) is 0 Å². The lowest BCUT2D eigenvalue weighted by atomic mass is 10.1. The van der Waals surface area contributed by atoms with Gasteiger partial charge in [0.2, 0.25) is 0 Å². The molecule has 2 rings (SSSR count). The Morgan fingerprint density at radius 3 is 2.57 bits per heavy atom. The third-order valence-corrected chi connectivity index (χ3v) is 3.00. The minimum Gasteiger partial charge on any atom is -0.383 e. The van der Waals surface area contributed by atoms with Crippen LogP contribution in [0.5, 0.6) is 0 Å². The van der Waals surface area contributed by atoms with E-state index in [9.17, 15) is 9.59 Å². The van der Waals surface area contributed by atoms with Crippen LogP contribution in [0.3, 0.4) is 0 Å². The summed E-state index contributed by atoms with van der Waals surface area (Å²) in [7, 11) is 3.19. The molecule has 0 saturated heterocycles. The largest absolute Gasteiger partial charge is 0.383 e. The number of carbonyl (C=O) groups excluding carboxylic acids is 1. The van der Waals surface area contributed by atoms with Gasteiger partial charge in [0.1, 0.15) is 0 Å². The van der Waals surface area contributed by atoms with Crippen molar-refractivity contribution in [2.45, 2.75) is 0 Å². The lowest BCUT2D eigenvalue weighted by Crippen LogP contribution is -2.26. The van der Waals surface area contributed by atoms with E-state index in [4.69, 9.17) is 4.74 Å². The standard InChI is InChI=1S/C15H17N3O3/c1-18-14(19)8-7-13(17-18)11-3-5-12(6-4-11)15(20)16-9-10-21-2/h3-8H,9-10H2,1-2H3,(H,16,20). The van der Waals surface area contributed by atoms with E-state index >= 15 is 0 Å². The summed E-state index contributed by atoms with van der Waals surface area (Å²) in [4.78, 5) is 23.1. The number of benzene rings is 1. The zero-order valence-corrected chi connectivity index (χ0v) is 12.0. The third kappa shape index (κ3) is 3.76. The average Bonchev–Trinajstić information content (AvgIpc) is 2.50. The van der Waals surface area contributed by atoms with Crippen LogP contribution in [0.25, 0.3) is 11.3 Å². The number of amides is 1. The topological polar surface area (TPSA) is 73.2 Å². The second-order valence-corrected chi connectivity index (χ2v) is 4.51. The van der Waals surface area contributed by atoms with Crippen LogP contribution in [0.15, 0.2) is 41.2 Å². The number of rotatable bonds is 5. The molecule has 1 N–H and O–H groups in total. The highest BCUT2D eigenvalue weighted by Gasteiger charge is 2.06. The quantitative estimate of drug-likeness (QED) is 0.826. The Labute approximate surface area is 122 Å². The summed E-state index contributed by atoms with van der Waals surface area (Å²) in [6, 6.07) is 10.2. The molecule has 0 aliphatic rings. The molecule has 1 aromatic carbocycles. The fourth-order valence-electron chi connectivity index (χ4n) is 1.82. The van der Waals surface area contributed by atoms with E-state index in [-0.39, 0.29) is 11.5 Å². The van der Waals surface area contributed by atoms with Crippen molar-refractivity contribution in [3.05, 3.63) is 52.3 Å². The van der Waals surface area contributed by atoms with Gasteiger partial charge in [0.05, 0.1) is 12.3 Å². The molecule has 0 bridgehead atoms. The molecule has 21 heavy (non-hydrogen) atoms. The Kier molecular flexibility index (Phi) is 4.84. The van der Waals surface area contributed by atoms with Crippen LogP contribution < -0.4 is 10.9 Å². The highest BCUT2D eigenvalue weighted by Crippen LogP contribution is 2.16. The molecule has 1 aromatic heterocycles. The van der Waals surface area contributed by atoms with Gasteiger partial charge in [0.25, 0.3) is 11.5 Å². The summed E-state index contributed by atoms with van der Waals surface area (Å²) in [5.74, 6) is -0.146. The summed E-state index contributed by atoms with van der Waals surface area (Å²) in [6.07, 6.45) is 0. The van der Waals surface area contributed by atoms with Crippen LogP contribution in [-0.4, -0.2) is 35.9 Å². The van der Waals surface area contributed by atoms with Crippen molar-refractivity contribution in [2.75, 3.05) is 20.3 Å². The molecule has 110 valence electrons. The molecule has 1 heterocycles. The lowest BCUT2D eigenvalue weighted by molar-refractivity contribution is 0.0937. The first-order valence-corrected chi connectivity index (χ1v) is 6.54. The number of nitrogens with zero attached hydrogens (tertiary/aromatic N) is 2. The zero-order valence-electron chi connectivity index (χ0n) is 12.0. The minimum atomic E-state index is -0.159. The van der Waals surface area contributed by atoms with Gasteiger partial charge in [-0.25, -0.2) is 4.68 Å². The number of aryl methyl sites for hydroxylation is 1. The normalized spacial score (nSPS) is 10.4. The van der Waals surface area contributed by atoms with Crippen LogP contribution >= 0.6 is 0 Å². The predicted molar refractivity (Wildman–Crippen MR) is 79.1 cm³/mol. The molecule has 1 amide bonds. The summed E-state index contributed by atoms with van der Waals surface area (Å²) in [5.41, 5.74) is 1.94. The number of hydrogen-bond acceptors (Lipinski definition) is 4. The summed E-state index contributed by atoms with van der Waals surface area (Å²) in [6.45, 7) is 0.950. The number of nitrogens with one attached hydrogen (secondary N) is 1. The van der Waals surface area contributed by atoms with Crippen molar-refractivity contribution in [1.29, 1.82) is 0 Å². The van der Waals surface area contributed by atoms with Crippen LogP contribution in [-0.2, 0) is 11.8 Å². The highest BCUT2D eigenvalue weighted by molar-refractivity contribution is 5.94. The Hall–Kier alpha value is -2.47. The third-order valence-electron chi connectivity index (χ3n) is 3.00. The molecule has 6 heteroatoms. The molecule has 6 nitrogen and oxygen atoms in total. The maximum absolute atomic E-state index is 11.8.